The zero-order valence-electron chi connectivity index (χ0n) is 10.9. The molecule has 0 unspecified atom stereocenters. The summed E-state index contributed by atoms with van der Waals surface area (Å²) in [6, 6.07) is 1.37. The van der Waals surface area contributed by atoms with Gasteiger partial charge >= 0.3 is 0 Å². The van der Waals surface area contributed by atoms with Crippen molar-refractivity contribution in [1.29, 1.82) is 0 Å². The van der Waals surface area contributed by atoms with E-state index in [9.17, 15) is 8.42 Å². The van der Waals surface area contributed by atoms with Crippen molar-refractivity contribution in [2.45, 2.75) is 31.1 Å². The number of hydrogen-bond donors (Lipinski definition) is 1. The van der Waals surface area contributed by atoms with Crippen molar-refractivity contribution in [2.75, 3.05) is 4.72 Å². The van der Waals surface area contributed by atoms with Crippen LogP contribution in [0.2, 0.25) is 0 Å². The van der Waals surface area contributed by atoms with Gasteiger partial charge < -0.3 is 4.42 Å². The van der Waals surface area contributed by atoms with Crippen LogP contribution in [0.5, 0.6) is 0 Å². The Bertz CT molecular complexity index is 641. The van der Waals surface area contributed by atoms with Gasteiger partial charge in [0.15, 0.2) is 0 Å². The highest BCUT2D eigenvalue weighted by Crippen LogP contribution is 2.19. The molecule has 0 amide bonds. The molecule has 0 saturated heterocycles. The van der Waals surface area contributed by atoms with Crippen molar-refractivity contribution in [3.05, 3.63) is 36.8 Å². The van der Waals surface area contributed by atoms with Gasteiger partial charge in [0.25, 0.3) is 10.0 Å². The van der Waals surface area contributed by atoms with Gasteiger partial charge in [0.2, 0.25) is 0 Å². The SMILES string of the molecule is CC(C)(C)c1ncc(NS(=O)(=O)c2ccoc2)cn1. The second-order valence-corrected chi connectivity index (χ2v) is 6.79. The van der Waals surface area contributed by atoms with Crippen LogP contribution in [0.4, 0.5) is 5.69 Å². The van der Waals surface area contributed by atoms with Crippen LogP contribution in [0.15, 0.2) is 40.3 Å². The smallest absolute Gasteiger partial charge is 0.265 e. The fourth-order valence-electron chi connectivity index (χ4n) is 1.39. The van der Waals surface area contributed by atoms with Crippen LogP contribution in [0, 0.1) is 0 Å². The van der Waals surface area contributed by atoms with E-state index in [0.29, 0.717) is 11.5 Å². The highest BCUT2D eigenvalue weighted by Gasteiger charge is 2.19. The summed E-state index contributed by atoms with van der Waals surface area (Å²) in [7, 11) is -3.64. The maximum Gasteiger partial charge on any atom is 0.265 e. The summed E-state index contributed by atoms with van der Waals surface area (Å²) in [4.78, 5) is 8.37. The second kappa shape index (κ2) is 4.65. The van der Waals surface area contributed by atoms with E-state index in [0.717, 1.165) is 6.26 Å². The summed E-state index contributed by atoms with van der Waals surface area (Å²) in [5, 5.41) is 0. The Morgan fingerprint density at radius 3 is 2.32 bits per heavy atom. The van der Waals surface area contributed by atoms with Crippen molar-refractivity contribution < 1.29 is 12.8 Å². The molecule has 0 aliphatic rings. The predicted octanol–water partition coefficient (Wildman–Crippen LogP) is 2.17. The minimum absolute atomic E-state index is 0.0624. The molecule has 0 fully saturated rings. The number of hydrogen-bond acceptors (Lipinski definition) is 5. The van der Waals surface area contributed by atoms with Crippen LogP contribution in [-0.4, -0.2) is 18.4 Å². The molecule has 0 aliphatic heterocycles. The summed E-state index contributed by atoms with van der Waals surface area (Å²) in [6.07, 6.45) is 5.36. The van der Waals surface area contributed by atoms with Crippen LogP contribution in [0.1, 0.15) is 26.6 Å². The maximum atomic E-state index is 11.9. The molecule has 2 heterocycles. The number of furan rings is 1. The number of aromatic nitrogens is 2. The van der Waals surface area contributed by atoms with Crippen molar-refractivity contribution in [1.82, 2.24) is 9.97 Å². The summed E-state index contributed by atoms with van der Waals surface area (Å²) >= 11 is 0. The number of sulfonamides is 1. The van der Waals surface area contributed by atoms with Gasteiger partial charge in [-0.1, -0.05) is 20.8 Å². The molecule has 1 N–H and O–H groups in total. The average molecular weight is 281 g/mol. The summed E-state index contributed by atoms with van der Waals surface area (Å²) in [5.74, 6) is 0.652. The van der Waals surface area contributed by atoms with Crippen LogP contribution in [-0.2, 0) is 15.4 Å². The largest absolute Gasteiger partial charge is 0.471 e. The third-order valence-corrected chi connectivity index (χ3v) is 3.74. The molecular weight excluding hydrogens is 266 g/mol. The van der Waals surface area contributed by atoms with E-state index in [1.165, 1.54) is 24.7 Å². The third kappa shape index (κ3) is 3.11. The van der Waals surface area contributed by atoms with E-state index >= 15 is 0 Å². The Morgan fingerprint density at radius 1 is 1.21 bits per heavy atom. The molecule has 0 atom stereocenters. The quantitative estimate of drug-likeness (QED) is 0.931. The van der Waals surface area contributed by atoms with Crippen molar-refractivity contribution >= 4 is 15.7 Å². The molecule has 0 saturated carbocycles. The third-order valence-electron chi connectivity index (χ3n) is 2.38. The lowest BCUT2D eigenvalue weighted by Crippen LogP contribution is -2.17. The monoisotopic (exact) mass is 281 g/mol. The van der Waals surface area contributed by atoms with Crippen LogP contribution in [0.25, 0.3) is 0 Å². The Morgan fingerprint density at radius 2 is 1.84 bits per heavy atom. The minimum atomic E-state index is -3.64. The zero-order chi connectivity index (χ0) is 14.1. The summed E-state index contributed by atoms with van der Waals surface area (Å²) in [5.41, 5.74) is 0.135. The van der Waals surface area contributed by atoms with Gasteiger partial charge in [-0.3, -0.25) is 4.72 Å². The molecule has 102 valence electrons. The van der Waals surface area contributed by atoms with E-state index < -0.39 is 10.0 Å². The number of nitrogens with zero attached hydrogens (tertiary/aromatic N) is 2. The predicted molar refractivity (Wildman–Crippen MR) is 70.2 cm³/mol. The molecule has 2 aromatic heterocycles. The Balaban J connectivity index is 2.21. The first-order valence-electron chi connectivity index (χ1n) is 5.66. The maximum absolute atomic E-state index is 11.9. The Kier molecular flexibility index (Phi) is 3.32. The number of anilines is 1. The number of rotatable bonds is 3. The van der Waals surface area contributed by atoms with Crippen LogP contribution >= 0.6 is 0 Å². The van der Waals surface area contributed by atoms with Gasteiger partial charge in [0, 0.05) is 5.41 Å². The lowest BCUT2D eigenvalue weighted by Gasteiger charge is -2.16. The zero-order valence-corrected chi connectivity index (χ0v) is 11.7. The lowest BCUT2D eigenvalue weighted by atomic mass is 9.96. The first kappa shape index (κ1) is 13.5. The van der Waals surface area contributed by atoms with Crippen molar-refractivity contribution in [2.24, 2.45) is 0 Å². The molecule has 2 rings (SSSR count). The fraction of sp³-hybridized carbons (Fsp3) is 0.333. The molecule has 0 aromatic carbocycles. The van der Waals surface area contributed by atoms with E-state index in [1.54, 1.807) is 0 Å². The van der Waals surface area contributed by atoms with Gasteiger partial charge in [-0.25, -0.2) is 18.4 Å². The van der Waals surface area contributed by atoms with Gasteiger partial charge in [0.05, 0.1) is 24.3 Å². The molecular formula is C12H15N3O3S. The molecule has 0 aliphatic carbocycles. The minimum Gasteiger partial charge on any atom is -0.471 e. The van der Waals surface area contributed by atoms with Crippen LogP contribution < -0.4 is 4.72 Å². The normalized spacial score (nSPS) is 12.4. The van der Waals surface area contributed by atoms with Crippen LogP contribution in [0.3, 0.4) is 0 Å². The number of nitrogens with one attached hydrogen (secondary N) is 1. The topological polar surface area (TPSA) is 85.1 Å². The van der Waals surface area contributed by atoms with Gasteiger partial charge in [0.1, 0.15) is 17.0 Å². The van der Waals surface area contributed by atoms with E-state index in [4.69, 9.17) is 4.42 Å². The lowest BCUT2D eigenvalue weighted by molar-refractivity contribution is 0.545. The highest BCUT2D eigenvalue weighted by atomic mass is 32.2. The summed E-state index contributed by atoms with van der Waals surface area (Å²) < 4.78 is 31.0. The Labute approximate surface area is 111 Å². The average Bonchev–Trinajstić information content (AvgIpc) is 2.82. The molecule has 2 aromatic rings. The first-order chi connectivity index (χ1) is 8.79. The highest BCUT2D eigenvalue weighted by molar-refractivity contribution is 7.92. The molecule has 0 radical (unpaired) electrons. The molecule has 0 spiro atoms. The van der Waals surface area contributed by atoms with Crippen molar-refractivity contribution in [3.63, 3.8) is 0 Å². The second-order valence-electron chi connectivity index (χ2n) is 5.11. The molecule has 7 heteroatoms. The molecule has 19 heavy (non-hydrogen) atoms. The van der Waals surface area contributed by atoms with E-state index in [2.05, 4.69) is 14.7 Å². The molecule has 0 bridgehead atoms. The van der Waals surface area contributed by atoms with E-state index in [1.807, 2.05) is 20.8 Å². The standard InChI is InChI=1S/C12H15N3O3S/c1-12(2,3)11-13-6-9(7-14-11)15-19(16,17)10-4-5-18-8-10/h4-8,15H,1-3H3. The fourth-order valence-corrected chi connectivity index (χ4v) is 2.34. The van der Waals surface area contributed by atoms with Gasteiger partial charge in [-0.2, -0.15) is 0 Å². The van der Waals surface area contributed by atoms with Gasteiger partial charge in [-0.05, 0) is 6.07 Å². The Hall–Kier alpha value is -1.89. The molecule has 6 nitrogen and oxygen atoms in total. The summed E-state index contributed by atoms with van der Waals surface area (Å²) in [6.45, 7) is 5.95. The first-order valence-corrected chi connectivity index (χ1v) is 7.15. The van der Waals surface area contributed by atoms with Gasteiger partial charge in [-0.15, -0.1) is 0 Å². The van der Waals surface area contributed by atoms with Crippen molar-refractivity contribution in [3.8, 4) is 0 Å². The van der Waals surface area contributed by atoms with E-state index in [-0.39, 0.29) is 10.3 Å².